The van der Waals surface area contributed by atoms with E-state index in [9.17, 15) is 9.59 Å². The van der Waals surface area contributed by atoms with E-state index in [2.05, 4.69) is 10.3 Å². The Balaban J connectivity index is 1.61. The molecule has 0 aliphatic carbocycles. The standard InChI is InChI=1S/C27H29N3O4/c1-18-6-8-20(9-7-18)27(32)30-16-23(22-11-10-21(33-2)13-25(22)34-3)24(17-30)26(31)29-15-19-5-4-12-28-14-19/h4-14,23-24H,15-17H2,1-3H3,(H,29,31). The Morgan fingerprint density at radius 2 is 1.85 bits per heavy atom. The summed E-state index contributed by atoms with van der Waals surface area (Å²) in [6, 6.07) is 16.8. The van der Waals surface area contributed by atoms with Gasteiger partial charge in [-0.3, -0.25) is 14.6 Å². The van der Waals surface area contributed by atoms with E-state index in [1.165, 1.54) is 0 Å². The van der Waals surface area contributed by atoms with E-state index in [0.29, 0.717) is 36.7 Å². The smallest absolute Gasteiger partial charge is 0.253 e. The first-order valence-corrected chi connectivity index (χ1v) is 11.2. The number of aromatic nitrogens is 1. The van der Waals surface area contributed by atoms with E-state index >= 15 is 0 Å². The molecule has 3 aromatic rings. The van der Waals surface area contributed by atoms with Crippen molar-refractivity contribution in [2.75, 3.05) is 27.3 Å². The van der Waals surface area contributed by atoms with Crippen LogP contribution in [0, 0.1) is 12.8 Å². The molecule has 0 spiro atoms. The first kappa shape index (κ1) is 23.3. The summed E-state index contributed by atoms with van der Waals surface area (Å²) in [5.41, 5.74) is 3.50. The zero-order valence-corrected chi connectivity index (χ0v) is 19.7. The van der Waals surface area contributed by atoms with Gasteiger partial charge >= 0.3 is 0 Å². The Morgan fingerprint density at radius 3 is 2.53 bits per heavy atom. The van der Waals surface area contributed by atoms with Gasteiger partial charge in [0.2, 0.25) is 5.91 Å². The molecule has 1 saturated heterocycles. The highest BCUT2D eigenvalue weighted by molar-refractivity contribution is 5.95. The number of nitrogens with one attached hydrogen (secondary N) is 1. The van der Waals surface area contributed by atoms with Gasteiger partial charge in [0.05, 0.1) is 20.1 Å². The third kappa shape index (κ3) is 5.03. The van der Waals surface area contributed by atoms with Crippen molar-refractivity contribution in [2.24, 2.45) is 5.92 Å². The number of likely N-dealkylation sites (tertiary alicyclic amines) is 1. The van der Waals surface area contributed by atoms with Crippen LogP contribution >= 0.6 is 0 Å². The van der Waals surface area contributed by atoms with Crippen LogP contribution in [0.25, 0.3) is 0 Å². The lowest BCUT2D eigenvalue weighted by Gasteiger charge is -2.21. The molecule has 176 valence electrons. The van der Waals surface area contributed by atoms with E-state index in [-0.39, 0.29) is 17.7 Å². The van der Waals surface area contributed by atoms with Crippen molar-refractivity contribution in [1.29, 1.82) is 0 Å². The van der Waals surface area contributed by atoms with E-state index < -0.39 is 5.92 Å². The molecule has 2 atom stereocenters. The molecule has 7 heteroatoms. The second-order valence-corrected chi connectivity index (χ2v) is 8.48. The Bertz CT molecular complexity index is 1150. The van der Waals surface area contributed by atoms with Crippen molar-refractivity contribution >= 4 is 11.8 Å². The zero-order valence-electron chi connectivity index (χ0n) is 19.7. The van der Waals surface area contributed by atoms with Crippen molar-refractivity contribution in [2.45, 2.75) is 19.4 Å². The van der Waals surface area contributed by atoms with Gasteiger partial charge in [-0.05, 0) is 36.8 Å². The number of methoxy groups -OCH3 is 2. The van der Waals surface area contributed by atoms with Crippen LogP contribution in [0.4, 0.5) is 0 Å². The Kier molecular flexibility index (Phi) is 7.11. The third-order valence-electron chi connectivity index (χ3n) is 6.27. The number of hydrogen-bond donors (Lipinski definition) is 1. The highest BCUT2D eigenvalue weighted by Crippen LogP contribution is 2.39. The highest BCUT2D eigenvalue weighted by Gasteiger charge is 2.41. The lowest BCUT2D eigenvalue weighted by atomic mass is 9.87. The monoisotopic (exact) mass is 459 g/mol. The van der Waals surface area contributed by atoms with Crippen molar-refractivity contribution in [1.82, 2.24) is 15.2 Å². The second kappa shape index (κ2) is 10.4. The molecule has 0 saturated carbocycles. The number of aryl methyl sites for hydroxylation is 1. The average molecular weight is 460 g/mol. The number of pyridine rings is 1. The molecule has 34 heavy (non-hydrogen) atoms. The third-order valence-corrected chi connectivity index (χ3v) is 6.27. The molecule has 0 radical (unpaired) electrons. The van der Waals surface area contributed by atoms with Gasteiger partial charge in [-0.1, -0.05) is 29.8 Å². The van der Waals surface area contributed by atoms with Crippen LogP contribution in [0.2, 0.25) is 0 Å². The molecule has 1 fully saturated rings. The highest BCUT2D eigenvalue weighted by atomic mass is 16.5. The normalized spacial score (nSPS) is 17.3. The maximum Gasteiger partial charge on any atom is 0.253 e. The van der Waals surface area contributed by atoms with Gasteiger partial charge in [-0.2, -0.15) is 0 Å². The fraction of sp³-hybridized carbons (Fsp3) is 0.296. The summed E-state index contributed by atoms with van der Waals surface area (Å²) in [6.07, 6.45) is 3.43. The predicted octanol–water partition coefficient (Wildman–Crippen LogP) is 3.58. The van der Waals surface area contributed by atoms with Gasteiger partial charge in [0.1, 0.15) is 11.5 Å². The van der Waals surface area contributed by atoms with Crippen LogP contribution in [-0.4, -0.2) is 49.0 Å². The number of rotatable bonds is 7. The number of benzene rings is 2. The molecule has 1 aromatic heterocycles. The van der Waals surface area contributed by atoms with E-state index in [1.54, 1.807) is 31.5 Å². The van der Waals surface area contributed by atoms with Gasteiger partial charge in [0.15, 0.2) is 0 Å². The fourth-order valence-electron chi connectivity index (χ4n) is 4.38. The van der Waals surface area contributed by atoms with Crippen LogP contribution in [0.15, 0.2) is 67.0 Å². The molecule has 1 aliphatic rings. The maximum atomic E-state index is 13.3. The Hall–Kier alpha value is -3.87. The summed E-state index contributed by atoms with van der Waals surface area (Å²) in [5, 5.41) is 3.02. The maximum absolute atomic E-state index is 13.3. The molecule has 2 amide bonds. The summed E-state index contributed by atoms with van der Waals surface area (Å²) >= 11 is 0. The van der Waals surface area contributed by atoms with Gasteiger partial charge in [0.25, 0.3) is 5.91 Å². The second-order valence-electron chi connectivity index (χ2n) is 8.48. The molecule has 2 unspecified atom stereocenters. The number of amides is 2. The van der Waals surface area contributed by atoms with Crippen molar-refractivity contribution in [3.05, 3.63) is 89.2 Å². The molecular formula is C27H29N3O4. The van der Waals surface area contributed by atoms with Gasteiger partial charge in [0, 0.05) is 55.1 Å². The lowest BCUT2D eigenvalue weighted by Crippen LogP contribution is -2.35. The minimum Gasteiger partial charge on any atom is -0.497 e. The van der Waals surface area contributed by atoms with Gasteiger partial charge in [-0.25, -0.2) is 0 Å². The van der Waals surface area contributed by atoms with Crippen LogP contribution in [0.3, 0.4) is 0 Å². The first-order valence-electron chi connectivity index (χ1n) is 11.2. The molecule has 2 aromatic carbocycles. The molecule has 1 aliphatic heterocycles. The lowest BCUT2D eigenvalue weighted by molar-refractivity contribution is -0.125. The summed E-state index contributed by atoms with van der Waals surface area (Å²) in [6.45, 7) is 3.10. The molecule has 7 nitrogen and oxygen atoms in total. The minimum absolute atomic E-state index is 0.0833. The summed E-state index contributed by atoms with van der Waals surface area (Å²) < 4.78 is 11.0. The Morgan fingerprint density at radius 1 is 1.06 bits per heavy atom. The average Bonchev–Trinajstić information content (AvgIpc) is 3.33. The van der Waals surface area contributed by atoms with Gasteiger partial charge in [-0.15, -0.1) is 0 Å². The van der Waals surface area contributed by atoms with Crippen LogP contribution in [0.1, 0.15) is 33.0 Å². The Labute approximate surface area is 199 Å². The number of carbonyl (C=O) groups is 2. The van der Waals surface area contributed by atoms with Crippen molar-refractivity contribution < 1.29 is 19.1 Å². The zero-order chi connectivity index (χ0) is 24.1. The predicted molar refractivity (Wildman–Crippen MR) is 129 cm³/mol. The quantitative estimate of drug-likeness (QED) is 0.584. The van der Waals surface area contributed by atoms with E-state index in [0.717, 1.165) is 16.7 Å². The van der Waals surface area contributed by atoms with Crippen LogP contribution in [-0.2, 0) is 11.3 Å². The number of ether oxygens (including phenoxy) is 2. The summed E-state index contributed by atoms with van der Waals surface area (Å²) in [7, 11) is 3.20. The number of hydrogen-bond acceptors (Lipinski definition) is 5. The SMILES string of the molecule is COc1ccc(C2CN(C(=O)c3ccc(C)cc3)CC2C(=O)NCc2cccnc2)c(OC)c1. The topological polar surface area (TPSA) is 80.8 Å². The van der Waals surface area contributed by atoms with Crippen molar-refractivity contribution in [3.8, 4) is 11.5 Å². The fourth-order valence-corrected chi connectivity index (χ4v) is 4.38. The van der Waals surface area contributed by atoms with Crippen molar-refractivity contribution in [3.63, 3.8) is 0 Å². The minimum atomic E-state index is -0.423. The largest absolute Gasteiger partial charge is 0.497 e. The number of nitrogens with zero attached hydrogens (tertiary/aromatic N) is 2. The van der Waals surface area contributed by atoms with Gasteiger partial charge < -0.3 is 19.7 Å². The van der Waals surface area contributed by atoms with Crippen LogP contribution < -0.4 is 14.8 Å². The molecule has 0 bridgehead atoms. The number of carbonyl (C=O) groups excluding carboxylic acids is 2. The molecular weight excluding hydrogens is 430 g/mol. The van der Waals surface area contributed by atoms with E-state index in [1.807, 2.05) is 61.5 Å². The molecule has 2 heterocycles. The summed E-state index contributed by atoms with van der Waals surface area (Å²) in [5.74, 6) is 0.478. The summed E-state index contributed by atoms with van der Waals surface area (Å²) in [4.78, 5) is 32.5. The first-order chi connectivity index (χ1) is 16.5. The molecule has 4 rings (SSSR count). The van der Waals surface area contributed by atoms with Crippen LogP contribution in [0.5, 0.6) is 11.5 Å². The molecule has 1 N–H and O–H groups in total. The van der Waals surface area contributed by atoms with E-state index in [4.69, 9.17) is 9.47 Å².